The largest absolute Gasteiger partial charge is 0.362 e. The van der Waals surface area contributed by atoms with Crippen LogP contribution in [0, 0.1) is 11.8 Å². The van der Waals surface area contributed by atoms with Crippen LogP contribution < -0.4 is 10.7 Å². The van der Waals surface area contributed by atoms with Crippen molar-refractivity contribution in [3.05, 3.63) is 12.2 Å². The highest BCUT2D eigenvalue weighted by Crippen LogP contribution is 2.39. The third kappa shape index (κ3) is 1.80. The number of nitrogens with one attached hydrogen (secondary N) is 2. The van der Waals surface area contributed by atoms with E-state index in [1.807, 2.05) is 6.92 Å². The maximum Gasteiger partial charge on any atom is 0.186 e. The smallest absolute Gasteiger partial charge is 0.186 e. The lowest BCUT2D eigenvalue weighted by Crippen LogP contribution is -2.38. The zero-order valence-electron chi connectivity index (χ0n) is 8.29. The van der Waals surface area contributed by atoms with Crippen molar-refractivity contribution in [2.45, 2.75) is 19.8 Å². The van der Waals surface area contributed by atoms with E-state index in [0.29, 0.717) is 11.0 Å². The summed E-state index contributed by atoms with van der Waals surface area (Å²) in [6.07, 6.45) is 6.85. The predicted molar refractivity (Wildman–Crippen MR) is 62.2 cm³/mol. The van der Waals surface area contributed by atoms with E-state index in [4.69, 9.17) is 12.2 Å². The third-order valence-electron chi connectivity index (χ3n) is 2.78. The SMILES string of the molecule is CCNC(=S)N/N=C1/C[C@@H]2CC=C[C@@H]12. The van der Waals surface area contributed by atoms with Crippen LogP contribution in [0.4, 0.5) is 0 Å². The topological polar surface area (TPSA) is 36.4 Å². The monoisotopic (exact) mass is 209 g/mol. The van der Waals surface area contributed by atoms with E-state index in [1.54, 1.807) is 0 Å². The number of fused-ring (bicyclic) bond motifs is 1. The van der Waals surface area contributed by atoms with E-state index < -0.39 is 0 Å². The number of allylic oxidation sites excluding steroid dienone is 2. The molecule has 3 nitrogen and oxygen atoms in total. The molecule has 2 rings (SSSR count). The highest BCUT2D eigenvalue weighted by molar-refractivity contribution is 7.80. The standard InChI is InChI=1S/C10H15N3S/c1-2-11-10(14)13-12-9-6-7-4-3-5-8(7)9/h3,5,7-8H,2,4,6H2,1H3,(H2,11,13,14)/b12-9-/t7-,8+/m0/s1. The van der Waals surface area contributed by atoms with Gasteiger partial charge in [-0.25, -0.2) is 0 Å². The molecule has 0 heterocycles. The summed E-state index contributed by atoms with van der Waals surface area (Å²) in [4.78, 5) is 0. The molecule has 4 heteroatoms. The fourth-order valence-electron chi connectivity index (χ4n) is 1.98. The first-order valence-electron chi connectivity index (χ1n) is 5.08. The molecular weight excluding hydrogens is 194 g/mol. The van der Waals surface area contributed by atoms with Crippen LogP contribution in [-0.4, -0.2) is 17.4 Å². The van der Waals surface area contributed by atoms with Crippen molar-refractivity contribution < 1.29 is 0 Å². The Morgan fingerprint density at radius 3 is 3.29 bits per heavy atom. The first-order chi connectivity index (χ1) is 6.81. The normalized spacial score (nSPS) is 31.1. The summed E-state index contributed by atoms with van der Waals surface area (Å²) >= 11 is 5.02. The van der Waals surface area contributed by atoms with Crippen molar-refractivity contribution in [3.63, 3.8) is 0 Å². The van der Waals surface area contributed by atoms with E-state index in [-0.39, 0.29) is 0 Å². The molecule has 2 aliphatic rings. The van der Waals surface area contributed by atoms with Gasteiger partial charge in [-0.05, 0) is 37.9 Å². The van der Waals surface area contributed by atoms with Crippen LogP contribution in [0.2, 0.25) is 0 Å². The molecule has 14 heavy (non-hydrogen) atoms. The van der Waals surface area contributed by atoms with Gasteiger partial charge in [0.05, 0.1) is 0 Å². The Labute approximate surface area is 89.6 Å². The lowest BCUT2D eigenvalue weighted by Gasteiger charge is -2.31. The summed E-state index contributed by atoms with van der Waals surface area (Å²) in [6.45, 7) is 2.85. The van der Waals surface area contributed by atoms with Crippen LogP contribution in [0.25, 0.3) is 0 Å². The summed E-state index contributed by atoms with van der Waals surface area (Å²) in [5.74, 6) is 1.41. The molecule has 0 unspecified atom stereocenters. The van der Waals surface area contributed by atoms with E-state index in [9.17, 15) is 0 Å². The number of hydrazone groups is 1. The Hall–Kier alpha value is -0.900. The lowest BCUT2D eigenvalue weighted by atomic mass is 9.74. The van der Waals surface area contributed by atoms with Gasteiger partial charge in [0.1, 0.15) is 0 Å². The molecule has 0 saturated heterocycles. The first kappa shape index (κ1) is 9.65. The van der Waals surface area contributed by atoms with Crippen LogP contribution in [0.1, 0.15) is 19.8 Å². The van der Waals surface area contributed by atoms with Gasteiger partial charge in [-0.3, -0.25) is 5.43 Å². The number of hydrogen-bond acceptors (Lipinski definition) is 2. The number of hydrogen-bond donors (Lipinski definition) is 2. The molecule has 76 valence electrons. The number of thiocarbonyl (C=S) groups is 1. The Morgan fingerprint density at radius 2 is 2.57 bits per heavy atom. The van der Waals surface area contributed by atoms with Gasteiger partial charge >= 0.3 is 0 Å². The summed E-state index contributed by atoms with van der Waals surface area (Å²) in [5.41, 5.74) is 4.11. The molecule has 0 bridgehead atoms. The second kappa shape index (κ2) is 4.09. The minimum atomic E-state index is 0.590. The molecule has 2 N–H and O–H groups in total. The molecule has 0 radical (unpaired) electrons. The second-order valence-corrected chi connectivity index (χ2v) is 4.14. The molecule has 0 aromatic heterocycles. The number of rotatable bonds is 2. The summed E-state index contributed by atoms with van der Waals surface area (Å²) in [5, 5.41) is 7.92. The summed E-state index contributed by atoms with van der Waals surface area (Å²) < 4.78 is 0. The van der Waals surface area contributed by atoms with Crippen LogP contribution in [-0.2, 0) is 0 Å². The van der Waals surface area contributed by atoms with Gasteiger partial charge in [0, 0.05) is 18.2 Å². The molecule has 0 aromatic rings. The average Bonchev–Trinajstić information content (AvgIpc) is 2.48. The Balaban J connectivity index is 1.82. The van der Waals surface area contributed by atoms with Crippen molar-refractivity contribution in [2.24, 2.45) is 16.9 Å². The minimum absolute atomic E-state index is 0.590. The van der Waals surface area contributed by atoms with Crippen molar-refractivity contribution in [3.8, 4) is 0 Å². The van der Waals surface area contributed by atoms with E-state index in [0.717, 1.165) is 18.9 Å². The Morgan fingerprint density at radius 1 is 1.71 bits per heavy atom. The van der Waals surface area contributed by atoms with Crippen LogP contribution in [0.5, 0.6) is 0 Å². The van der Waals surface area contributed by atoms with E-state index in [1.165, 1.54) is 12.1 Å². The van der Waals surface area contributed by atoms with Gasteiger partial charge < -0.3 is 5.32 Å². The Kier molecular flexibility index (Phi) is 2.82. The van der Waals surface area contributed by atoms with E-state index >= 15 is 0 Å². The predicted octanol–water partition coefficient (Wildman–Crippen LogP) is 1.42. The maximum absolute atomic E-state index is 5.02. The van der Waals surface area contributed by atoms with Crippen molar-refractivity contribution in [1.82, 2.24) is 10.7 Å². The minimum Gasteiger partial charge on any atom is -0.362 e. The van der Waals surface area contributed by atoms with Crippen molar-refractivity contribution in [2.75, 3.05) is 6.54 Å². The second-order valence-electron chi connectivity index (χ2n) is 3.73. The van der Waals surface area contributed by atoms with E-state index in [2.05, 4.69) is 28.0 Å². The van der Waals surface area contributed by atoms with Gasteiger partial charge in [0.15, 0.2) is 5.11 Å². The van der Waals surface area contributed by atoms with Crippen LogP contribution in [0.3, 0.4) is 0 Å². The molecule has 0 spiro atoms. The van der Waals surface area contributed by atoms with Crippen LogP contribution >= 0.6 is 12.2 Å². The molecule has 2 aliphatic carbocycles. The zero-order chi connectivity index (χ0) is 9.97. The molecule has 0 aromatic carbocycles. The highest BCUT2D eigenvalue weighted by Gasteiger charge is 2.37. The molecular formula is C10H15N3S. The van der Waals surface area contributed by atoms with Gasteiger partial charge in [0.2, 0.25) is 0 Å². The molecule has 0 amide bonds. The quantitative estimate of drug-likeness (QED) is 0.410. The maximum atomic E-state index is 5.02. The first-order valence-corrected chi connectivity index (χ1v) is 5.49. The van der Waals surface area contributed by atoms with Crippen molar-refractivity contribution >= 4 is 23.0 Å². The third-order valence-corrected chi connectivity index (χ3v) is 3.02. The summed E-state index contributed by atoms with van der Waals surface area (Å²) in [6, 6.07) is 0. The lowest BCUT2D eigenvalue weighted by molar-refractivity contribution is 0.444. The molecule has 1 saturated carbocycles. The van der Waals surface area contributed by atoms with Gasteiger partial charge in [-0.1, -0.05) is 12.2 Å². The molecule has 1 fully saturated rings. The number of nitrogens with zero attached hydrogens (tertiary/aromatic N) is 1. The fraction of sp³-hybridized carbons (Fsp3) is 0.600. The zero-order valence-corrected chi connectivity index (χ0v) is 9.10. The molecule has 0 aliphatic heterocycles. The highest BCUT2D eigenvalue weighted by atomic mass is 32.1. The van der Waals surface area contributed by atoms with Gasteiger partial charge in [-0.2, -0.15) is 5.10 Å². The average molecular weight is 209 g/mol. The van der Waals surface area contributed by atoms with Gasteiger partial charge in [-0.15, -0.1) is 0 Å². The Bertz CT molecular complexity index is 296. The van der Waals surface area contributed by atoms with Crippen molar-refractivity contribution in [1.29, 1.82) is 0 Å². The molecule has 2 atom stereocenters. The van der Waals surface area contributed by atoms with Gasteiger partial charge in [0.25, 0.3) is 0 Å². The fourth-order valence-corrected chi connectivity index (χ4v) is 2.17. The summed E-state index contributed by atoms with van der Waals surface area (Å²) in [7, 11) is 0. The van der Waals surface area contributed by atoms with Crippen LogP contribution in [0.15, 0.2) is 17.3 Å².